The summed E-state index contributed by atoms with van der Waals surface area (Å²) in [7, 11) is 0. The van der Waals surface area contributed by atoms with E-state index in [9.17, 15) is 9.18 Å². The average Bonchev–Trinajstić information content (AvgIpc) is 3.46. The zero-order valence-corrected chi connectivity index (χ0v) is 15.5. The summed E-state index contributed by atoms with van der Waals surface area (Å²) in [6, 6.07) is 10.7. The summed E-state index contributed by atoms with van der Waals surface area (Å²) in [6.07, 6.45) is 2.28. The van der Waals surface area contributed by atoms with Crippen molar-refractivity contribution in [3.05, 3.63) is 65.9 Å². The maximum Gasteiger partial charge on any atom is 0.414 e. The van der Waals surface area contributed by atoms with E-state index in [2.05, 4.69) is 14.9 Å². The van der Waals surface area contributed by atoms with Gasteiger partial charge in [0, 0.05) is 18.7 Å². The number of hydrogen-bond acceptors (Lipinski definition) is 5. The van der Waals surface area contributed by atoms with E-state index in [1.54, 1.807) is 24.7 Å². The van der Waals surface area contributed by atoms with Crippen molar-refractivity contribution >= 4 is 17.6 Å². The number of benzene rings is 2. The highest BCUT2D eigenvalue weighted by molar-refractivity contribution is 5.90. The van der Waals surface area contributed by atoms with Gasteiger partial charge in [0.2, 0.25) is 0 Å². The Balaban J connectivity index is 1.40. The minimum absolute atomic E-state index is 0.205. The molecule has 3 heterocycles. The molecule has 2 aliphatic heterocycles. The maximum absolute atomic E-state index is 14.9. The predicted molar refractivity (Wildman–Crippen MR) is 105 cm³/mol. The molecule has 1 saturated heterocycles. The molecule has 1 aromatic heterocycles. The smallest absolute Gasteiger partial charge is 0.414 e. The van der Waals surface area contributed by atoms with Crippen molar-refractivity contribution in [3.63, 3.8) is 0 Å². The van der Waals surface area contributed by atoms with Crippen molar-refractivity contribution < 1.29 is 19.0 Å². The third-order valence-electron chi connectivity index (χ3n) is 5.41. The first-order valence-electron chi connectivity index (χ1n) is 9.36. The summed E-state index contributed by atoms with van der Waals surface area (Å²) in [5, 5.41) is 9.16. The van der Waals surface area contributed by atoms with Gasteiger partial charge >= 0.3 is 6.09 Å². The molecule has 148 valence electrons. The fraction of sp³-hybridized carbons (Fsp3) is 0.238. The molecular weight excluding hydrogens is 375 g/mol. The highest BCUT2D eigenvalue weighted by atomic mass is 19.1. The molecule has 0 unspecified atom stereocenters. The van der Waals surface area contributed by atoms with E-state index < -0.39 is 18.0 Å². The average molecular weight is 394 g/mol. The number of aliphatic hydroxyl groups excluding tert-OH is 1. The van der Waals surface area contributed by atoms with Crippen LogP contribution in [-0.2, 0) is 17.8 Å². The van der Waals surface area contributed by atoms with Gasteiger partial charge in [-0.3, -0.25) is 4.90 Å². The number of ether oxygens (including phenoxy) is 1. The van der Waals surface area contributed by atoms with Crippen LogP contribution in [0.4, 0.5) is 20.7 Å². The lowest BCUT2D eigenvalue weighted by atomic mass is 10.00. The molecule has 8 heteroatoms. The van der Waals surface area contributed by atoms with E-state index in [0.29, 0.717) is 11.3 Å². The van der Waals surface area contributed by atoms with Gasteiger partial charge in [0.05, 0.1) is 31.4 Å². The van der Waals surface area contributed by atoms with Gasteiger partial charge in [-0.05, 0) is 41.0 Å². The Kier molecular flexibility index (Phi) is 4.21. The topological polar surface area (TPSA) is 81.7 Å². The monoisotopic (exact) mass is 394 g/mol. The fourth-order valence-corrected chi connectivity index (χ4v) is 3.89. The van der Waals surface area contributed by atoms with Gasteiger partial charge in [-0.1, -0.05) is 12.1 Å². The van der Waals surface area contributed by atoms with E-state index in [0.717, 1.165) is 30.0 Å². The van der Waals surface area contributed by atoms with Crippen LogP contribution < -0.4 is 9.80 Å². The van der Waals surface area contributed by atoms with Crippen LogP contribution >= 0.6 is 0 Å². The third kappa shape index (κ3) is 3.11. The van der Waals surface area contributed by atoms with Crippen LogP contribution in [0.25, 0.3) is 11.1 Å². The van der Waals surface area contributed by atoms with Crippen LogP contribution in [-0.4, -0.2) is 40.4 Å². The largest absolute Gasteiger partial charge is 0.441 e. The van der Waals surface area contributed by atoms with Crippen molar-refractivity contribution in [1.82, 2.24) is 9.97 Å². The minimum atomic E-state index is -0.584. The number of halogens is 1. The number of rotatable bonds is 4. The summed E-state index contributed by atoms with van der Waals surface area (Å²) in [5.74, 6) is 0.545. The lowest BCUT2D eigenvalue weighted by molar-refractivity contribution is 0.0963. The van der Waals surface area contributed by atoms with Crippen molar-refractivity contribution in [2.24, 2.45) is 0 Å². The summed E-state index contributed by atoms with van der Waals surface area (Å²) in [6.45, 7) is 1.46. The molecule has 2 aliphatic rings. The molecule has 0 aliphatic carbocycles. The molecule has 29 heavy (non-hydrogen) atoms. The first-order chi connectivity index (χ1) is 14.1. The Morgan fingerprint density at radius 2 is 2.07 bits per heavy atom. The number of aliphatic hydroxyl groups is 1. The maximum atomic E-state index is 14.9. The van der Waals surface area contributed by atoms with Gasteiger partial charge in [0.15, 0.2) is 0 Å². The number of carbonyl (C=O) groups is 1. The number of H-pyrrole nitrogens is 1. The van der Waals surface area contributed by atoms with E-state index >= 15 is 0 Å². The second-order valence-electron chi connectivity index (χ2n) is 7.24. The standard InChI is InChI=1S/C21H19FN4O3/c22-19-6-16(26-10-17(11-27)29-21(26)28)3-4-18(19)13-1-2-14-8-25(9-15(14)5-13)20-7-23-12-24-20/h1-7,12,17,27H,8-11H2,(H,23,24)/t17-/m1/s1. The fourth-order valence-electron chi connectivity index (χ4n) is 3.89. The molecule has 3 aromatic rings. The number of fused-ring (bicyclic) bond motifs is 1. The predicted octanol–water partition coefficient (Wildman–Crippen LogP) is 3.05. The molecule has 1 fully saturated rings. The van der Waals surface area contributed by atoms with E-state index in [4.69, 9.17) is 9.84 Å². The molecule has 7 nitrogen and oxygen atoms in total. The third-order valence-corrected chi connectivity index (χ3v) is 5.41. The number of carbonyl (C=O) groups excluding carboxylic acids is 1. The molecule has 1 atom stereocenters. The Hall–Kier alpha value is -3.39. The number of nitrogens with zero attached hydrogens (tertiary/aromatic N) is 3. The summed E-state index contributed by atoms with van der Waals surface area (Å²) >= 11 is 0. The number of nitrogens with one attached hydrogen (secondary N) is 1. The van der Waals surface area contributed by atoms with Gasteiger partial charge in [-0.2, -0.15) is 0 Å². The van der Waals surface area contributed by atoms with Crippen molar-refractivity contribution in [1.29, 1.82) is 0 Å². The van der Waals surface area contributed by atoms with Crippen LogP contribution in [0.1, 0.15) is 11.1 Å². The number of aromatic amines is 1. The number of amides is 1. The Morgan fingerprint density at radius 3 is 2.79 bits per heavy atom. The van der Waals surface area contributed by atoms with Crippen LogP contribution in [0.2, 0.25) is 0 Å². The molecule has 2 N–H and O–H groups in total. The first-order valence-corrected chi connectivity index (χ1v) is 9.36. The van der Waals surface area contributed by atoms with Crippen LogP contribution in [0.15, 0.2) is 48.9 Å². The van der Waals surface area contributed by atoms with Crippen LogP contribution in [0, 0.1) is 5.82 Å². The molecule has 1 amide bonds. The van der Waals surface area contributed by atoms with Crippen molar-refractivity contribution in [2.75, 3.05) is 23.0 Å². The molecular formula is C21H19FN4O3. The number of hydrogen-bond donors (Lipinski definition) is 2. The SMILES string of the molecule is O=C1O[C@@H](CO)CN1c1ccc(-c2ccc3c(c2)CN(c2cnc[nH]2)C3)c(F)c1. The second-order valence-corrected chi connectivity index (χ2v) is 7.24. The Bertz CT molecular complexity index is 1070. The van der Waals surface area contributed by atoms with Gasteiger partial charge in [-0.25, -0.2) is 14.2 Å². The lowest BCUT2D eigenvalue weighted by Gasteiger charge is -2.14. The number of aromatic nitrogens is 2. The zero-order valence-electron chi connectivity index (χ0n) is 15.5. The van der Waals surface area contributed by atoms with E-state index in [1.807, 2.05) is 18.2 Å². The van der Waals surface area contributed by atoms with Gasteiger partial charge in [0.25, 0.3) is 0 Å². The summed E-state index contributed by atoms with van der Waals surface area (Å²) in [5.41, 5.74) is 4.03. The number of cyclic esters (lactones) is 1. The highest BCUT2D eigenvalue weighted by Crippen LogP contribution is 2.33. The highest BCUT2D eigenvalue weighted by Gasteiger charge is 2.32. The van der Waals surface area contributed by atoms with Crippen LogP contribution in [0.3, 0.4) is 0 Å². The van der Waals surface area contributed by atoms with Gasteiger partial charge in [0.1, 0.15) is 17.7 Å². The molecule has 5 rings (SSSR count). The summed E-state index contributed by atoms with van der Waals surface area (Å²) < 4.78 is 19.9. The van der Waals surface area contributed by atoms with Crippen molar-refractivity contribution in [3.8, 4) is 11.1 Å². The van der Waals surface area contributed by atoms with E-state index in [-0.39, 0.29) is 13.2 Å². The minimum Gasteiger partial charge on any atom is -0.441 e. The summed E-state index contributed by atoms with van der Waals surface area (Å²) in [4.78, 5) is 22.6. The van der Waals surface area contributed by atoms with Crippen molar-refractivity contribution in [2.45, 2.75) is 19.2 Å². The Morgan fingerprint density at radius 1 is 1.21 bits per heavy atom. The lowest BCUT2D eigenvalue weighted by Crippen LogP contribution is -2.25. The molecule has 0 bridgehead atoms. The molecule has 2 aromatic carbocycles. The van der Waals surface area contributed by atoms with E-state index in [1.165, 1.54) is 16.5 Å². The zero-order chi connectivity index (χ0) is 20.0. The quantitative estimate of drug-likeness (QED) is 0.711. The normalized spacial score (nSPS) is 18.3. The molecule has 0 radical (unpaired) electrons. The molecule has 0 saturated carbocycles. The number of imidazole rings is 1. The van der Waals surface area contributed by atoms with Gasteiger partial charge < -0.3 is 19.7 Å². The number of anilines is 2. The molecule has 0 spiro atoms. The van der Waals surface area contributed by atoms with Gasteiger partial charge in [-0.15, -0.1) is 0 Å². The van der Waals surface area contributed by atoms with Crippen LogP contribution in [0.5, 0.6) is 0 Å². The Labute approximate surface area is 166 Å². The second kappa shape index (κ2) is 6.89. The first kappa shape index (κ1) is 17.7.